The number of unbranched alkanes of at least 4 members (excludes halogenated alkanes) is 8. The van der Waals surface area contributed by atoms with Crippen molar-refractivity contribution in [3.05, 3.63) is 12.2 Å². The van der Waals surface area contributed by atoms with Crippen LogP contribution in [0, 0.1) is 11.8 Å². The first kappa shape index (κ1) is 18.8. The van der Waals surface area contributed by atoms with Gasteiger partial charge in [-0.2, -0.15) is 0 Å². The molecule has 2 heteroatoms. The van der Waals surface area contributed by atoms with Crippen molar-refractivity contribution in [2.24, 2.45) is 0 Å². The fraction of sp³-hybridized carbons (Fsp3) is 0.722. The summed E-state index contributed by atoms with van der Waals surface area (Å²) in [5.41, 5.74) is 0. The lowest BCUT2D eigenvalue weighted by Crippen LogP contribution is -1.98. The van der Waals surface area contributed by atoms with E-state index in [4.69, 9.17) is 0 Å². The van der Waals surface area contributed by atoms with Crippen molar-refractivity contribution in [2.75, 3.05) is 7.11 Å². The molecule has 20 heavy (non-hydrogen) atoms. The fourth-order valence-electron chi connectivity index (χ4n) is 1.90. The summed E-state index contributed by atoms with van der Waals surface area (Å²) < 4.78 is 4.59. The normalized spacial score (nSPS) is 10.3. The van der Waals surface area contributed by atoms with Gasteiger partial charge in [0.05, 0.1) is 7.11 Å². The van der Waals surface area contributed by atoms with Crippen LogP contribution in [0.1, 0.15) is 77.6 Å². The third kappa shape index (κ3) is 14.8. The maximum atomic E-state index is 10.9. The fourth-order valence-corrected chi connectivity index (χ4v) is 1.90. The molecule has 0 aliphatic carbocycles. The summed E-state index contributed by atoms with van der Waals surface area (Å²) in [6, 6.07) is 0. The van der Waals surface area contributed by atoms with E-state index in [0.29, 0.717) is 6.42 Å². The van der Waals surface area contributed by atoms with E-state index in [1.165, 1.54) is 32.8 Å². The van der Waals surface area contributed by atoms with E-state index < -0.39 is 0 Å². The van der Waals surface area contributed by atoms with Gasteiger partial charge in [-0.15, -0.1) is 0 Å². The number of hydrogen-bond donors (Lipinski definition) is 0. The molecule has 0 amide bonds. The van der Waals surface area contributed by atoms with Crippen molar-refractivity contribution < 1.29 is 9.53 Å². The van der Waals surface area contributed by atoms with Crippen molar-refractivity contribution in [1.82, 2.24) is 0 Å². The molecular weight excluding hydrogens is 248 g/mol. The molecule has 0 heterocycles. The third-order valence-electron chi connectivity index (χ3n) is 3.19. The summed E-state index contributed by atoms with van der Waals surface area (Å²) in [5, 5.41) is 0. The van der Waals surface area contributed by atoms with Crippen LogP contribution in [0.5, 0.6) is 0 Å². The molecule has 0 atom stereocenters. The zero-order valence-electron chi connectivity index (χ0n) is 13.2. The maximum absolute atomic E-state index is 10.9. The van der Waals surface area contributed by atoms with Crippen molar-refractivity contribution in [1.29, 1.82) is 0 Å². The van der Waals surface area contributed by atoms with Crippen LogP contribution >= 0.6 is 0 Å². The molecule has 0 bridgehead atoms. The highest BCUT2D eigenvalue weighted by Crippen LogP contribution is 2.05. The monoisotopic (exact) mass is 278 g/mol. The number of carbonyl (C=O) groups excluding carboxylic acids is 1. The van der Waals surface area contributed by atoms with E-state index in [-0.39, 0.29) is 5.97 Å². The largest absolute Gasteiger partial charge is 0.469 e. The van der Waals surface area contributed by atoms with Crippen LogP contribution in [0.2, 0.25) is 0 Å². The number of hydrogen-bond acceptors (Lipinski definition) is 2. The second-order valence-corrected chi connectivity index (χ2v) is 5.06. The summed E-state index contributed by atoms with van der Waals surface area (Å²) >= 11 is 0. The summed E-state index contributed by atoms with van der Waals surface area (Å²) in [6.45, 7) is 2.23. The zero-order valence-corrected chi connectivity index (χ0v) is 13.2. The summed E-state index contributed by atoms with van der Waals surface area (Å²) in [7, 11) is 1.44. The molecule has 0 fully saturated rings. The number of rotatable bonds is 11. The summed E-state index contributed by atoms with van der Waals surface area (Å²) in [6.07, 6.45) is 16.4. The van der Waals surface area contributed by atoms with E-state index >= 15 is 0 Å². The minimum absolute atomic E-state index is 0.103. The van der Waals surface area contributed by atoms with Crippen molar-refractivity contribution >= 4 is 5.97 Å². The molecular formula is C18H30O2. The lowest BCUT2D eigenvalue weighted by Gasteiger charge is -1.98. The smallest absolute Gasteiger partial charge is 0.305 e. The van der Waals surface area contributed by atoms with Gasteiger partial charge in [0.1, 0.15) is 0 Å². The molecule has 0 radical (unpaired) electrons. The van der Waals surface area contributed by atoms with Crippen molar-refractivity contribution in [2.45, 2.75) is 77.6 Å². The van der Waals surface area contributed by atoms with Gasteiger partial charge in [-0.1, -0.05) is 56.9 Å². The van der Waals surface area contributed by atoms with Gasteiger partial charge in [-0.25, -0.2) is 0 Å². The quantitative estimate of drug-likeness (QED) is 0.301. The number of methoxy groups -OCH3 is 1. The summed E-state index contributed by atoms with van der Waals surface area (Å²) in [5.74, 6) is 6.16. The Morgan fingerprint density at radius 3 is 2.55 bits per heavy atom. The van der Waals surface area contributed by atoms with Gasteiger partial charge in [-0.05, 0) is 31.8 Å². The van der Waals surface area contributed by atoms with E-state index in [1.807, 2.05) is 6.08 Å². The molecule has 0 saturated heterocycles. The van der Waals surface area contributed by atoms with Gasteiger partial charge in [0.25, 0.3) is 0 Å². The minimum atomic E-state index is -0.103. The van der Waals surface area contributed by atoms with Crippen molar-refractivity contribution in [3.8, 4) is 11.8 Å². The molecule has 0 aliphatic heterocycles. The molecule has 114 valence electrons. The molecule has 0 saturated carbocycles. The Hall–Kier alpha value is -1.23. The Morgan fingerprint density at radius 1 is 1.05 bits per heavy atom. The Labute approximate surface area is 125 Å². The lowest BCUT2D eigenvalue weighted by molar-refractivity contribution is -0.140. The van der Waals surface area contributed by atoms with E-state index in [2.05, 4.69) is 29.6 Å². The van der Waals surface area contributed by atoms with Gasteiger partial charge >= 0.3 is 5.97 Å². The molecule has 0 rings (SSSR count). The molecule has 0 aromatic carbocycles. The molecule has 0 N–H and O–H groups in total. The van der Waals surface area contributed by atoms with Crippen LogP contribution in [0.15, 0.2) is 12.2 Å². The van der Waals surface area contributed by atoms with E-state index in [9.17, 15) is 4.79 Å². The van der Waals surface area contributed by atoms with Gasteiger partial charge in [0.2, 0.25) is 0 Å². The molecule has 0 spiro atoms. The highest BCUT2D eigenvalue weighted by Gasteiger charge is 1.98. The molecule has 0 aromatic rings. The second kappa shape index (κ2) is 15.8. The van der Waals surface area contributed by atoms with Crippen LogP contribution in [0.25, 0.3) is 0 Å². The van der Waals surface area contributed by atoms with Crippen LogP contribution < -0.4 is 0 Å². The van der Waals surface area contributed by atoms with Gasteiger partial charge < -0.3 is 4.74 Å². The third-order valence-corrected chi connectivity index (χ3v) is 3.19. The number of carbonyl (C=O) groups is 1. The maximum Gasteiger partial charge on any atom is 0.305 e. The van der Waals surface area contributed by atoms with Crippen LogP contribution in [-0.2, 0) is 9.53 Å². The first-order valence-corrected chi connectivity index (χ1v) is 8.01. The van der Waals surface area contributed by atoms with Crippen molar-refractivity contribution in [3.63, 3.8) is 0 Å². The van der Waals surface area contributed by atoms with Gasteiger partial charge in [0.15, 0.2) is 0 Å². The van der Waals surface area contributed by atoms with Crippen LogP contribution in [0.3, 0.4) is 0 Å². The average molecular weight is 278 g/mol. The second-order valence-electron chi connectivity index (χ2n) is 5.06. The van der Waals surface area contributed by atoms with Crippen LogP contribution in [0.4, 0.5) is 0 Å². The van der Waals surface area contributed by atoms with Gasteiger partial charge in [0, 0.05) is 12.8 Å². The average Bonchev–Trinajstić information content (AvgIpc) is 2.47. The van der Waals surface area contributed by atoms with Crippen LogP contribution in [-0.4, -0.2) is 13.1 Å². The molecule has 0 aromatic heterocycles. The van der Waals surface area contributed by atoms with E-state index in [1.54, 1.807) is 0 Å². The Morgan fingerprint density at radius 2 is 1.80 bits per heavy atom. The summed E-state index contributed by atoms with van der Waals surface area (Å²) in [4.78, 5) is 10.9. The topological polar surface area (TPSA) is 26.3 Å². The number of esters is 1. The van der Waals surface area contributed by atoms with E-state index in [0.717, 1.165) is 38.5 Å². The SMILES string of the molecule is CCCCCCC=CC#CCCCCCCC(=O)OC. The molecule has 0 aliphatic rings. The first-order chi connectivity index (χ1) is 9.81. The minimum Gasteiger partial charge on any atom is -0.469 e. The predicted molar refractivity (Wildman–Crippen MR) is 85.4 cm³/mol. The predicted octanol–water partition coefficient (Wildman–Crippen LogP) is 5.03. The molecule has 2 nitrogen and oxygen atoms in total. The Bertz CT molecular complexity index is 307. The lowest BCUT2D eigenvalue weighted by atomic mass is 10.1. The first-order valence-electron chi connectivity index (χ1n) is 8.01. The highest BCUT2D eigenvalue weighted by atomic mass is 16.5. The number of allylic oxidation sites excluding steroid dienone is 2. The molecule has 0 unspecified atom stereocenters. The Kier molecular flexibility index (Phi) is 14.9. The highest BCUT2D eigenvalue weighted by molar-refractivity contribution is 5.68. The Balaban J connectivity index is 3.28. The standard InChI is InChI=1S/C18H30O2/c1-3-4-5-6-7-8-9-10-11-12-13-14-15-16-17-18(19)20-2/h8-9H,3-7,12-17H2,1-2H3. The number of ether oxygens (including phenoxy) is 1. The van der Waals surface area contributed by atoms with Gasteiger partial charge in [-0.3, -0.25) is 4.79 Å². The zero-order chi connectivity index (χ0) is 14.9.